The third-order valence-electron chi connectivity index (χ3n) is 3.30. The van der Waals surface area contributed by atoms with Crippen LogP contribution in [-0.2, 0) is 11.8 Å². The fraction of sp³-hybridized carbons (Fsp3) is 0.400. The standard InChI is InChI=1S/C15H21N5OS/c1-19(2)13(12-7-5-4-6-8-12)9-16-14(21)10-22-15-18-17-11-20(15)3/h4-8,11,13H,9-10H2,1-3H3,(H,16,21)/t13-/m0/s1. The van der Waals surface area contributed by atoms with Gasteiger partial charge in [-0.3, -0.25) is 4.79 Å². The van der Waals surface area contributed by atoms with E-state index in [2.05, 4.69) is 32.5 Å². The SMILES string of the molecule is CN(C)[C@@H](CNC(=O)CSc1nncn1C)c1ccccc1. The number of aryl methyl sites for hydroxylation is 1. The Kier molecular flexibility index (Phi) is 5.97. The third-order valence-corrected chi connectivity index (χ3v) is 4.34. The van der Waals surface area contributed by atoms with Crippen LogP contribution in [0.3, 0.4) is 0 Å². The lowest BCUT2D eigenvalue weighted by atomic mass is 10.1. The van der Waals surface area contributed by atoms with Crippen LogP contribution in [-0.4, -0.2) is 52.0 Å². The molecule has 118 valence electrons. The molecule has 22 heavy (non-hydrogen) atoms. The van der Waals surface area contributed by atoms with Crippen LogP contribution in [0, 0.1) is 0 Å². The van der Waals surface area contributed by atoms with Gasteiger partial charge < -0.3 is 14.8 Å². The second-order valence-electron chi connectivity index (χ2n) is 5.21. The fourth-order valence-corrected chi connectivity index (χ4v) is 2.79. The Hall–Kier alpha value is -1.86. The summed E-state index contributed by atoms with van der Waals surface area (Å²) in [5.41, 5.74) is 1.19. The third kappa shape index (κ3) is 4.57. The van der Waals surface area contributed by atoms with Gasteiger partial charge >= 0.3 is 0 Å². The summed E-state index contributed by atoms with van der Waals surface area (Å²) in [6.45, 7) is 0.579. The molecule has 0 aliphatic rings. The van der Waals surface area contributed by atoms with E-state index in [-0.39, 0.29) is 11.9 Å². The lowest BCUT2D eigenvalue weighted by Crippen LogP contribution is -2.35. The Bertz CT molecular complexity index is 599. The minimum Gasteiger partial charge on any atom is -0.353 e. The lowest BCUT2D eigenvalue weighted by molar-refractivity contribution is -0.118. The molecule has 0 unspecified atom stereocenters. The van der Waals surface area contributed by atoms with Crippen LogP contribution in [0.25, 0.3) is 0 Å². The summed E-state index contributed by atoms with van der Waals surface area (Å²) in [7, 11) is 5.88. The molecular formula is C15H21N5OS. The molecule has 0 fully saturated rings. The fourth-order valence-electron chi connectivity index (χ4n) is 2.07. The lowest BCUT2D eigenvalue weighted by Gasteiger charge is -2.25. The maximum atomic E-state index is 12.0. The Morgan fingerprint density at radius 3 is 2.68 bits per heavy atom. The normalized spacial score (nSPS) is 12.4. The van der Waals surface area contributed by atoms with Crippen molar-refractivity contribution >= 4 is 17.7 Å². The number of amides is 1. The maximum absolute atomic E-state index is 12.0. The molecule has 0 bridgehead atoms. The van der Waals surface area contributed by atoms with E-state index in [4.69, 9.17) is 0 Å². The average molecular weight is 319 g/mol. The van der Waals surface area contributed by atoms with Gasteiger partial charge in [0.2, 0.25) is 5.91 Å². The monoisotopic (exact) mass is 319 g/mol. The van der Waals surface area contributed by atoms with Crippen molar-refractivity contribution in [3.63, 3.8) is 0 Å². The van der Waals surface area contributed by atoms with Gasteiger partial charge in [0.1, 0.15) is 6.33 Å². The predicted molar refractivity (Wildman–Crippen MR) is 87.6 cm³/mol. The number of thioether (sulfide) groups is 1. The highest BCUT2D eigenvalue weighted by molar-refractivity contribution is 7.99. The van der Waals surface area contributed by atoms with Crippen LogP contribution in [0.1, 0.15) is 11.6 Å². The number of likely N-dealkylation sites (N-methyl/N-ethyl adjacent to an activating group) is 1. The molecule has 1 aromatic heterocycles. The highest BCUT2D eigenvalue weighted by atomic mass is 32.2. The summed E-state index contributed by atoms with van der Waals surface area (Å²) >= 11 is 1.38. The number of nitrogens with zero attached hydrogens (tertiary/aromatic N) is 4. The van der Waals surface area contributed by atoms with E-state index in [0.29, 0.717) is 12.3 Å². The zero-order valence-corrected chi connectivity index (χ0v) is 13.9. The molecule has 0 saturated carbocycles. The molecule has 0 aliphatic carbocycles. The van der Waals surface area contributed by atoms with Crippen molar-refractivity contribution in [3.8, 4) is 0 Å². The number of hydrogen-bond donors (Lipinski definition) is 1. The first-order valence-electron chi connectivity index (χ1n) is 7.03. The van der Waals surface area contributed by atoms with E-state index in [1.54, 1.807) is 10.9 Å². The van der Waals surface area contributed by atoms with Crippen LogP contribution < -0.4 is 5.32 Å². The highest BCUT2D eigenvalue weighted by Gasteiger charge is 2.15. The number of benzene rings is 1. The molecular weight excluding hydrogens is 298 g/mol. The molecule has 2 aromatic rings. The van der Waals surface area contributed by atoms with Crippen LogP contribution >= 0.6 is 11.8 Å². The van der Waals surface area contributed by atoms with Crippen LogP contribution in [0.15, 0.2) is 41.8 Å². The second-order valence-corrected chi connectivity index (χ2v) is 6.15. The molecule has 0 saturated heterocycles. The number of nitrogens with one attached hydrogen (secondary N) is 1. The van der Waals surface area contributed by atoms with E-state index in [1.165, 1.54) is 17.3 Å². The van der Waals surface area contributed by atoms with Crippen molar-refractivity contribution in [2.45, 2.75) is 11.2 Å². The van der Waals surface area contributed by atoms with Crippen molar-refractivity contribution in [1.82, 2.24) is 25.0 Å². The van der Waals surface area contributed by atoms with Gasteiger partial charge in [0.25, 0.3) is 0 Å². The first kappa shape index (κ1) is 16.5. The molecule has 0 aliphatic heterocycles. The molecule has 7 heteroatoms. The summed E-state index contributed by atoms with van der Waals surface area (Å²) in [5, 5.41) is 11.5. The van der Waals surface area contributed by atoms with Crippen molar-refractivity contribution in [2.24, 2.45) is 7.05 Å². The van der Waals surface area contributed by atoms with Crippen LogP contribution in [0.4, 0.5) is 0 Å². The van der Waals surface area contributed by atoms with Gasteiger partial charge in [-0.25, -0.2) is 0 Å². The Labute approximate surface area is 134 Å². The van der Waals surface area contributed by atoms with Crippen molar-refractivity contribution < 1.29 is 4.79 Å². The molecule has 1 amide bonds. The average Bonchev–Trinajstić information content (AvgIpc) is 2.91. The van der Waals surface area contributed by atoms with Crippen molar-refractivity contribution in [2.75, 3.05) is 26.4 Å². The number of aromatic nitrogens is 3. The van der Waals surface area contributed by atoms with E-state index in [9.17, 15) is 4.79 Å². The summed E-state index contributed by atoms with van der Waals surface area (Å²) in [5.74, 6) is 0.331. The summed E-state index contributed by atoms with van der Waals surface area (Å²) in [4.78, 5) is 14.1. The maximum Gasteiger partial charge on any atom is 0.230 e. The summed E-state index contributed by atoms with van der Waals surface area (Å²) in [6.07, 6.45) is 1.62. The Morgan fingerprint density at radius 1 is 1.36 bits per heavy atom. The number of carbonyl (C=O) groups excluding carboxylic acids is 1. The Balaban J connectivity index is 1.84. The summed E-state index contributed by atoms with van der Waals surface area (Å²) in [6, 6.07) is 10.3. The number of hydrogen-bond acceptors (Lipinski definition) is 5. The zero-order chi connectivity index (χ0) is 15.9. The molecule has 6 nitrogen and oxygen atoms in total. The minimum atomic E-state index is -0.00391. The van der Waals surface area contributed by atoms with Gasteiger partial charge in [0, 0.05) is 13.6 Å². The predicted octanol–water partition coefficient (Wildman–Crippen LogP) is 1.33. The van der Waals surface area contributed by atoms with Gasteiger partial charge in [0.05, 0.1) is 11.8 Å². The molecule has 0 radical (unpaired) electrons. The topological polar surface area (TPSA) is 63.1 Å². The van der Waals surface area contributed by atoms with Gasteiger partial charge in [-0.05, 0) is 19.7 Å². The smallest absolute Gasteiger partial charge is 0.230 e. The molecule has 1 N–H and O–H groups in total. The molecule has 0 spiro atoms. The van der Waals surface area contributed by atoms with Crippen LogP contribution in [0.5, 0.6) is 0 Å². The number of carbonyl (C=O) groups is 1. The van der Waals surface area contributed by atoms with E-state index >= 15 is 0 Å². The molecule has 1 aromatic carbocycles. The second kappa shape index (κ2) is 7.95. The largest absolute Gasteiger partial charge is 0.353 e. The molecule has 1 atom stereocenters. The van der Waals surface area contributed by atoms with Gasteiger partial charge in [0.15, 0.2) is 5.16 Å². The van der Waals surface area contributed by atoms with E-state index in [0.717, 1.165) is 5.16 Å². The first-order valence-corrected chi connectivity index (χ1v) is 8.01. The van der Waals surface area contributed by atoms with E-state index < -0.39 is 0 Å². The highest BCUT2D eigenvalue weighted by Crippen LogP contribution is 2.17. The van der Waals surface area contributed by atoms with Crippen LogP contribution in [0.2, 0.25) is 0 Å². The quantitative estimate of drug-likeness (QED) is 0.780. The zero-order valence-electron chi connectivity index (χ0n) is 13.1. The van der Waals surface area contributed by atoms with Crippen molar-refractivity contribution in [3.05, 3.63) is 42.2 Å². The Morgan fingerprint density at radius 2 is 2.09 bits per heavy atom. The van der Waals surface area contributed by atoms with Gasteiger partial charge in [-0.15, -0.1) is 10.2 Å². The first-order chi connectivity index (χ1) is 10.6. The molecule has 2 rings (SSSR count). The van der Waals surface area contributed by atoms with Gasteiger partial charge in [-0.1, -0.05) is 42.1 Å². The molecule has 1 heterocycles. The van der Waals surface area contributed by atoms with Gasteiger partial charge in [-0.2, -0.15) is 0 Å². The van der Waals surface area contributed by atoms with Crippen molar-refractivity contribution in [1.29, 1.82) is 0 Å². The summed E-state index contributed by atoms with van der Waals surface area (Å²) < 4.78 is 1.80. The minimum absolute atomic E-state index is 0.00391. The van der Waals surface area contributed by atoms with E-state index in [1.807, 2.05) is 39.3 Å². The number of rotatable bonds is 7.